The van der Waals surface area contributed by atoms with E-state index < -0.39 is 0 Å². The molecule has 26 heavy (non-hydrogen) atoms. The van der Waals surface area contributed by atoms with E-state index in [1.54, 1.807) is 6.20 Å². The summed E-state index contributed by atoms with van der Waals surface area (Å²) < 4.78 is 5.35. The highest BCUT2D eigenvalue weighted by molar-refractivity contribution is 6.08. The summed E-state index contributed by atoms with van der Waals surface area (Å²) in [7, 11) is 0. The van der Waals surface area contributed by atoms with E-state index in [-0.39, 0.29) is 17.7 Å². The van der Waals surface area contributed by atoms with Crippen molar-refractivity contribution in [3.63, 3.8) is 0 Å². The van der Waals surface area contributed by atoms with Crippen molar-refractivity contribution in [2.45, 2.75) is 25.3 Å². The van der Waals surface area contributed by atoms with Gasteiger partial charge in [0, 0.05) is 35.8 Å². The van der Waals surface area contributed by atoms with Gasteiger partial charge in [-0.05, 0) is 25.5 Å². The second-order valence-corrected chi connectivity index (χ2v) is 7.09. The average molecular weight is 355 g/mol. The molecule has 2 aliphatic rings. The first kappa shape index (κ1) is 17.2. The first-order valence-electron chi connectivity index (χ1n) is 9.44. The number of ketones is 1. The molecule has 1 aromatic carbocycles. The quantitative estimate of drug-likeness (QED) is 0.853. The number of nitrogens with zero attached hydrogens (tertiary/aromatic N) is 2. The zero-order chi connectivity index (χ0) is 17.9. The van der Waals surface area contributed by atoms with Crippen molar-refractivity contribution in [1.82, 2.24) is 14.8 Å². The van der Waals surface area contributed by atoms with Crippen LogP contribution >= 0.6 is 0 Å². The minimum absolute atomic E-state index is 0.0733. The van der Waals surface area contributed by atoms with Gasteiger partial charge in [-0.15, -0.1) is 0 Å². The highest BCUT2D eigenvalue weighted by atomic mass is 16.5. The number of hydrogen-bond donors (Lipinski definition) is 1. The minimum Gasteiger partial charge on any atom is -0.378 e. The van der Waals surface area contributed by atoms with E-state index in [1.165, 1.54) is 0 Å². The fourth-order valence-electron chi connectivity index (χ4n) is 4.03. The molecule has 1 aromatic heterocycles. The number of amides is 1. The van der Waals surface area contributed by atoms with Crippen molar-refractivity contribution in [2.24, 2.45) is 0 Å². The first-order valence-corrected chi connectivity index (χ1v) is 9.44. The second-order valence-electron chi connectivity index (χ2n) is 7.09. The molecule has 0 bridgehead atoms. The molecule has 1 N–H and O–H groups in total. The predicted octanol–water partition coefficient (Wildman–Crippen LogP) is 2.06. The van der Waals surface area contributed by atoms with Crippen LogP contribution in [0.3, 0.4) is 0 Å². The van der Waals surface area contributed by atoms with Crippen molar-refractivity contribution >= 4 is 22.6 Å². The van der Waals surface area contributed by atoms with E-state index in [4.69, 9.17) is 4.74 Å². The van der Waals surface area contributed by atoms with Gasteiger partial charge in [0.2, 0.25) is 5.91 Å². The molecule has 0 spiro atoms. The van der Waals surface area contributed by atoms with Gasteiger partial charge < -0.3 is 14.6 Å². The summed E-state index contributed by atoms with van der Waals surface area (Å²) in [6.07, 6.45) is 4.69. The Morgan fingerprint density at radius 3 is 2.77 bits per heavy atom. The zero-order valence-corrected chi connectivity index (χ0v) is 14.9. The number of nitrogens with one attached hydrogen (secondary N) is 1. The Balaban J connectivity index is 1.49. The van der Waals surface area contributed by atoms with Crippen molar-refractivity contribution in [3.8, 4) is 0 Å². The number of ether oxygens (including phenoxy) is 1. The molecule has 1 unspecified atom stereocenters. The molecule has 6 nitrogen and oxygen atoms in total. The summed E-state index contributed by atoms with van der Waals surface area (Å²) in [4.78, 5) is 33.0. The Morgan fingerprint density at radius 1 is 1.12 bits per heavy atom. The normalized spacial score (nSPS) is 21.8. The van der Waals surface area contributed by atoms with Crippen molar-refractivity contribution in [1.29, 1.82) is 0 Å². The lowest BCUT2D eigenvalue weighted by Crippen LogP contribution is -2.54. The van der Waals surface area contributed by atoms with E-state index >= 15 is 0 Å². The lowest BCUT2D eigenvalue weighted by atomic mass is 9.99. The molecule has 2 fully saturated rings. The minimum atomic E-state index is -0.184. The molecular weight excluding hydrogens is 330 g/mol. The van der Waals surface area contributed by atoms with Crippen LogP contribution in [0.2, 0.25) is 0 Å². The summed E-state index contributed by atoms with van der Waals surface area (Å²) in [5, 5.41) is 0.950. The SMILES string of the molecule is O=C(CN1CCCCC1C(=O)N1CCOCC1)c1c[nH]c2ccccc12. The van der Waals surface area contributed by atoms with Gasteiger partial charge in [0.25, 0.3) is 0 Å². The number of fused-ring (bicyclic) bond motifs is 1. The third-order valence-electron chi connectivity index (χ3n) is 5.46. The smallest absolute Gasteiger partial charge is 0.240 e. The molecule has 2 saturated heterocycles. The number of morpholine rings is 1. The maximum atomic E-state index is 13.0. The summed E-state index contributed by atoms with van der Waals surface area (Å²) in [6.45, 7) is 3.61. The number of aromatic nitrogens is 1. The molecule has 1 atom stereocenters. The number of Topliss-reactive ketones (excluding diaryl/α,β-unsaturated/α-hetero) is 1. The van der Waals surface area contributed by atoms with Crippen molar-refractivity contribution in [2.75, 3.05) is 39.4 Å². The molecule has 4 rings (SSSR count). The van der Waals surface area contributed by atoms with E-state index in [0.29, 0.717) is 38.4 Å². The Kier molecular flexibility index (Phi) is 5.04. The lowest BCUT2D eigenvalue weighted by Gasteiger charge is -2.38. The number of piperidine rings is 1. The molecular formula is C20H25N3O3. The Morgan fingerprint density at radius 2 is 1.92 bits per heavy atom. The van der Waals surface area contributed by atoms with Gasteiger partial charge >= 0.3 is 0 Å². The van der Waals surface area contributed by atoms with Crippen LogP contribution in [0.15, 0.2) is 30.5 Å². The number of hydrogen-bond acceptors (Lipinski definition) is 4. The van der Waals surface area contributed by atoms with E-state index in [9.17, 15) is 9.59 Å². The monoisotopic (exact) mass is 355 g/mol. The number of aromatic amines is 1. The predicted molar refractivity (Wildman–Crippen MR) is 99.2 cm³/mol. The van der Waals surface area contributed by atoms with Crippen LogP contribution in [0, 0.1) is 0 Å². The lowest BCUT2D eigenvalue weighted by molar-refractivity contribution is -0.142. The number of carbonyl (C=O) groups is 2. The Hall–Kier alpha value is -2.18. The maximum absolute atomic E-state index is 13.0. The molecule has 0 radical (unpaired) electrons. The van der Waals surface area contributed by atoms with Crippen LogP contribution < -0.4 is 0 Å². The van der Waals surface area contributed by atoms with Gasteiger partial charge in [0.15, 0.2) is 5.78 Å². The van der Waals surface area contributed by atoms with Crippen LogP contribution in [-0.4, -0.2) is 71.9 Å². The van der Waals surface area contributed by atoms with Gasteiger partial charge in [-0.2, -0.15) is 0 Å². The van der Waals surface area contributed by atoms with Crippen LogP contribution in [-0.2, 0) is 9.53 Å². The third-order valence-corrected chi connectivity index (χ3v) is 5.46. The van der Waals surface area contributed by atoms with E-state index in [0.717, 1.165) is 36.7 Å². The van der Waals surface area contributed by atoms with Gasteiger partial charge in [0.1, 0.15) is 0 Å². The first-order chi connectivity index (χ1) is 12.7. The molecule has 2 aromatic rings. The topological polar surface area (TPSA) is 65.6 Å². The zero-order valence-electron chi connectivity index (χ0n) is 14.9. The third kappa shape index (κ3) is 3.39. The molecule has 3 heterocycles. The number of benzene rings is 1. The number of rotatable bonds is 4. The number of para-hydroxylation sites is 1. The Bertz CT molecular complexity index is 794. The van der Waals surface area contributed by atoms with Gasteiger partial charge in [-0.25, -0.2) is 0 Å². The van der Waals surface area contributed by atoms with Gasteiger partial charge in [-0.3, -0.25) is 14.5 Å². The molecule has 1 amide bonds. The van der Waals surface area contributed by atoms with E-state index in [1.807, 2.05) is 29.2 Å². The molecule has 0 aliphatic carbocycles. The molecule has 6 heteroatoms. The van der Waals surface area contributed by atoms with Crippen molar-refractivity contribution < 1.29 is 14.3 Å². The largest absolute Gasteiger partial charge is 0.378 e. The van der Waals surface area contributed by atoms with Crippen molar-refractivity contribution in [3.05, 3.63) is 36.0 Å². The summed E-state index contributed by atoms with van der Waals surface area (Å²) in [5.41, 5.74) is 1.68. The van der Waals surface area contributed by atoms with Gasteiger partial charge in [-0.1, -0.05) is 24.6 Å². The fraction of sp³-hybridized carbons (Fsp3) is 0.500. The summed E-state index contributed by atoms with van der Waals surface area (Å²) >= 11 is 0. The van der Waals surface area contributed by atoms with Crippen LogP contribution in [0.5, 0.6) is 0 Å². The molecule has 138 valence electrons. The Labute approximate surface area is 153 Å². The highest BCUT2D eigenvalue weighted by Crippen LogP contribution is 2.22. The summed E-state index contributed by atoms with van der Waals surface area (Å²) in [6, 6.07) is 7.65. The van der Waals surface area contributed by atoms with E-state index in [2.05, 4.69) is 9.88 Å². The fourth-order valence-corrected chi connectivity index (χ4v) is 4.03. The number of H-pyrrole nitrogens is 1. The van der Waals surface area contributed by atoms with Crippen LogP contribution in [0.1, 0.15) is 29.6 Å². The highest BCUT2D eigenvalue weighted by Gasteiger charge is 2.33. The maximum Gasteiger partial charge on any atom is 0.240 e. The van der Waals surface area contributed by atoms with Crippen LogP contribution in [0.25, 0.3) is 10.9 Å². The standard InChI is InChI=1S/C20H25N3O3/c24-19(16-13-21-17-6-2-1-5-15(16)17)14-23-8-4-3-7-18(23)20(25)22-9-11-26-12-10-22/h1-2,5-6,13,18,21H,3-4,7-12,14H2. The van der Waals surface area contributed by atoms with Crippen LogP contribution in [0.4, 0.5) is 0 Å². The summed E-state index contributed by atoms with van der Waals surface area (Å²) in [5.74, 6) is 0.226. The average Bonchev–Trinajstić information content (AvgIpc) is 3.13. The second kappa shape index (κ2) is 7.60. The number of carbonyl (C=O) groups excluding carboxylic acids is 2. The molecule has 2 aliphatic heterocycles. The van der Waals surface area contributed by atoms with Gasteiger partial charge in [0.05, 0.1) is 25.8 Å². The number of likely N-dealkylation sites (tertiary alicyclic amines) is 1. The molecule has 0 saturated carbocycles.